The van der Waals surface area contributed by atoms with Gasteiger partial charge in [0.15, 0.2) is 0 Å². The van der Waals surface area contributed by atoms with Crippen molar-refractivity contribution in [3.05, 3.63) is 63.0 Å². The molecule has 0 fully saturated rings. The van der Waals surface area contributed by atoms with Gasteiger partial charge in [0.05, 0.1) is 0 Å². The maximum Gasteiger partial charge on any atom is 0.0485 e. The van der Waals surface area contributed by atoms with Gasteiger partial charge < -0.3 is 10.2 Å². The Balaban J connectivity index is 1.78. The third kappa shape index (κ3) is 4.93. The Morgan fingerprint density at radius 3 is 2.60 bits per heavy atom. The molecular weight excluding hydrogens is 380 g/mol. The van der Waals surface area contributed by atoms with Crippen LogP contribution in [0.25, 0.3) is 0 Å². The number of nitrogens with zero attached hydrogens (tertiary/aromatic N) is 1. The predicted octanol–water partition coefficient (Wildman–Crippen LogP) is 4.76. The molecule has 0 spiro atoms. The van der Waals surface area contributed by atoms with E-state index in [9.17, 15) is 0 Å². The van der Waals surface area contributed by atoms with Gasteiger partial charge in [0.2, 0.25) is 0 Å². The van der Waals surface area contributed by atoms with E-state index < -0.39 is 0 Å². The van der Waals surface area contributed by atoms with Gasteiger partial charge in [0.1, 0.15) is 0 Å². The van der Waals surface area contributed by atoms with Gasteiger partial charge in [-0.15, -0.1) is 0 Å². The Morgan fingerprint density at radius 1 is 1.05 bits per heavy atom. The van der Waals surface area contributed by atoms with Crippen LogP contribution >= 0.6 is 31.9 Å². The smallest absolute Gasteiger partial charge is 0.0485 e. The average molecular weight is 398 g/mol. The standard InChI is InChI=1S/C16H18Br2N2/c1-20(12-13-5-4-6-14(17)11-13)10-9-19-16-8-3-2-7-15(16)18/h2-8,11,19H,9-10,12H2,1H3. The highest BCUT2D eigenvalue weighted by Crippen LogP contribution is 2.20. The zero-order chi connectivity index (χ0) is 14.4. The van der Waals surface area contributed by atoms with Gasteiger partial charge in [-0.2, -0.15) is 0 Å². The number of halogens is 2. The third-order valence-electron chi connectivity index (χ3n) is 3.02. The lowest BCUT2D eigenvalue weighted by Gasteiger charge is -2.18. The summed E-state index contributed by atoms with van der Waals surface area (Å²) in [4.78, 5) is 2.31. The summed E-state index contributed by atoms with van der Waals surface area (Å²) in [6.07, 6.45) is 0. The highest BCUT2D eigenvalue weighted by atomic mass is 79.9. The first-order chi connectivity index (χ1) is 9.65. The van der Waals surface area contributed by atoms with Crippen LogP contribution in [-0.2, 0) is 6.54 Å². The van der Waals surface area contributed by atoms with Gasteiger partial charge in [0, 0.05) is 34.3 Å². The molecule has 0 saturated carbocycles. The van der Waals surface area contributed by atoms with Crippen molar-refractivity contribution in [2.24, 2.45) is 0 Å². The minimum atomic E-state index is 0.924. The van der Waals surface area contributed by atoms with Crippen LogP contribution in [0.2, 0.25) is 0 Å². The van der Waals surface area contributed by atoms with Crippen molar-refractivity contribution in [2.75, 3.05) is 25.5 Å². The quantitative estimate of drug-likeness (QED) is 0.756. The van der Waals surface area contributed by atoms with E-state index in [1.165, 1.54) is 5.56 Å². The van der Waals surface area contributed by atoms with E-state index in [0.717, 1.165) is 34.3 Å². The zero-order valence-corrected chi connectivity index (χ0v) is 14.6. The van der Waals surface area contributed by atoms with Crippen molar-refractivity contribution >= 4 is 37.5 Å². The summed E-state index contributed by atoms with van der Waals surface area (Å²) in [5.41, 5.74) is 2.46. The van der Waals surface area contributed by atoms with Crippen LogP contribution in [-0.4, -0.2) is 25.0 Å². The largest absolute Gasteiger partial charge is 0.383 e. The molecule has 2 aromatic carbocycles. The van der Waals surface area contributed by atoms with E-state index in [4.69, 9.17) is 0 Å². The van der Waals surface area contributed by atoms with Gasteiger partial charge in [-0.3, -0.25) is 0 Å². The Labute approximate surface area is 137 Å². The zero-order valence-electron chi connectivity index (χ0n) is 11.4. The van der Waals surface area contributed by atoms with E-state index in [2.05, 4.69) is 79.5 Å². The topological polar surface area (TPSA) is 15.3 Å². The molecule has 0 saturated heterocycles. The monoisotopic (exact) mass is 396 g/mol. The van der Waals surface area contributed by atoms with Gasteiger partial charge in [0.25, 0.3) is 0 Å². The summed E-state index contributed by atoms with van der Waals surface area (Å²) in [6, 6.07) is 16.6. The maximum absolute atomic E-state index is 3.54. The molecular formula is C16H18Br2N2. The first-order valence-corrected chi connectivity index (χ1v) is 8.15. The first kappa shape index (κ1) is 15.5. The number of benzene rings is 2. The normalized spacial score (nSPS) is 10.8. The molecule has 2 nitrogen and oxygen atoms in total. The van der Waals surface area contributed by atoms with E-state index in [1.807, 2.05) is 18.2 Å². The second-order valence-corrected chi connectivity index (χ2v) is 6.54. The van der Waals surface area contributed by atoms with Crippen LogP contribution in [0, 0.1) is 0 Å². The van der Waals surface area contributed by atoms with E-state index in [0.29, 0.717) is 0 Å². The SMILES string of the molecule is CN(CCNc1ccccc1Br)Cc1cccc(Br)c1. The lowest BCUT2D eigenvalue weighted by atomic mass is 10.2. The van der Waals surface area contributed by atoms with Crippen molar-refractivity contribution in [1.82, 2.24) is 4.90 Å². The summed E-state index contributed by atoms with van der Waals surface area (Å²) in [6.45, 7) is 2.87. The number of hydrogen-bond donors (Lipinski definition) is 1. The minimum Gasteiger partial charge on any atom is -0.383 e. The molecule has 2 rings (SSSR count). The summed E-state index contributed by atoms with van der Waals surface area (Å²) in [5.74, 6) is 0. The van der Waals surface area contributed by atoms with Crippen molar-refractivity contribution in [3.8, 4) is 0 Å². The number of para-hydroxylation sites is 1. The Kier molecular flexibility index (Phi) is 6.07. The molecule has 0 aliphatic heterocycles. The fourth-order valence-corrected chi connectivity index (χ4v) is 2.88. The van der Waals surface area contributed by atoms with Crippen molar-refractivity contribution in [2.45, 2.75) is 6.54 Å². The second-order valence-electron chi connectivity index (χ2n) is 4.77. The molecule has 0 aromatic heterocycles. The Bertz CT molecular complexity index is 558. The van der Waals surface area contributed by atoms with Gasteiger partial charge in [-0.05, 0) is 52.8 Å². The van der Waals surface area contributed by atoms with Crippen LogP contribution < -0.4 is 5.32 Å². The second kappa shape index (κ2) is 7.81. The van der Waals surface area contributed by atoms with E-state index in [1.54, 1.807) is 0 Å². The van der Waals surface area contributed by atoms with Crippen LogP contribution in [0.5, 0.6) is 0 Å². The lowest BCUT2D eigenvalue weighted by molar-refractivity contribution is 0.340. The molecule has 1 N–H and O–H groups in total. The molecule has 0 unspecified atom stereocenters. The lowest BCUT2D eigenvalue weighted by Crippen LogP contribution is -2.24. The molecule has 0 amide bonds. The summed E-state index contributed by atoms with van der Waals surface area (Å²) in [7, 11) is 2.14. The minimum absolute atomic E-state index is 0.924. The van der Waals surface area contributed by atoms with Crippen molar-refractivity contribution in [1.29, 1.82) is 0 Å². The highest BCUT2D eigenvalue weighted by molar-refractivity contribution is 9.10. The number of rotatable bonds is 6. The molecule has 0 radical (unpaired) electrons. The maximum atomic E-state index is 3.54. The van der Waals surface area contributed by atoms with Crippen LogP contribution in [0.1, 0.15) is 5.56 Å². The third-order valence-corrected chi connectivity index (χ3v) is 4.21. The molecule has 0 aliphatic carbocycles. The van der Waals surface area contributed by atoms with Crippen LogP contribution in [0.3, 0.4) is 0 Å². The average Bonchev–Trinajstić information content (AvgIpc) is 2.41. The molecule has 20 heavy (non-hydrogen) atoms. The summed E-state index contributed by atoms with van der Waals surface area (Å²) >= 11 is 7.05. The van der Waals surface area contributed by atoms with Gasteiger partial charge in [-0.25, -0.2) is 0 Å². The fourth-order valence-electron chi connectivity index (χ4n) is 2.01. The first-order valence-electron chi connectivity index (χ1n) is 6.56. The molecule has 0 aliphatic rings. The van der Waals surface area contributed by atoms with E-state index in [-0.39, 0.29) is 0 Å². The van der Waals surface area contributed by atoms with Crippen molar-refractivity contribution in [3.63, 3.8) is 0 Å². The summed E-state index contributed by atoms with van der Waals surface area (Å²) in [5, 5.41) is 3.44. The fraction of sp³-hybridized carbons (Fsp3) is 0.250. The highest BCUT2D eigenvalue weighted by Gasteiger charge is 2.02. The van der Waals surface area contributed by atoms with Gasteiger partial charge in [-0.1, -0.05) is 40.2 Å². The number of likely N-dealkylation sites (N-methyl/N-ethyl adjacent to an activating group) is 1. The summed E-state index contributed by atoms with van der Waals surface area (Å²) < 4.78 is 2.24. The Morgan fingerprint density at radius 2 is 1.85 bits per heavy atom. The van der Waals surface area contributed by atoms with Crippen LogP contribution in [0.15, 0.2) is 57.5 Å². The van der Waals surface area contributed by atoms with Gasteiger partial charge >= 0.3 is 0 Å². The molecule has 0 heterocycles. The molecule has 4 heteroatoms. The molecule has 106 valence electrons. The number of hydrogen-bond acceptors (Lipinski definition) is 2. The Hall–Kier alpha value is -0.840. The van der Waals surface area contributed by atoms with Crippen molar-refractivity contribution < 1.29 is 0 Å². The van der Waals surface area contributed by atoms with Crippen LogP contribution in [0.4, 0.5) is 5.69 Å². The van der Waals surface area contributed by atoms with E-state index >= 15 is 0 Å². The molecule has 2 aromatic rings. The molecule has 0 bridgehead atoms. The number of anilines is 1. The number of nitrogens with one attached hydrogen (secondary N) is 1. The predicted molar refractivity (Wildman–Crippen MR) is 93.1 cm³/mol. The molecule has 0 atom stereocenters.